The van der Waals surface area contributed by atoms with Crippen LogP contribution in [0.25, 0.3) is 11.0 Å². The zero-order valence-corrected chi connectivity index (χ0v) is 10.9. The molecule has 4 atom stereocenters. The number of nitrogen functional groups attached to an aromatic ring is 1. The molecule has 0 bridgehead atoms. The van der Waals surface area contributed by atoms with Crippen molar-refractivity contribution >= 4 is 28.5 Å². The van der Waals surface area contributed by atoms with Gasteiger partial charge >= 0.3 is 0 Å². The highest BCUT2D eigenvalue weighted by molar-refractivity contribution is 6.18. The van der Waals surface area contributed by atoms with Crippen LogP contribution in [0.2, 0.25) is 0 Å². The summed E-state index contributed by atoms with van der Waals surface area (Å²) >= 11 is 5.81. The number of nitrogens with zero attached hydrogens (tertiary/aromatic N) is 3. The Morgan fingerprint density at radius 2 is 2.16 bits per heavy atom. The van der Waals surface area contributed by atoms with Crippen molar-refractivity contribution in [1.82, 2.24) is 14.5 Å². The number of imidazole rings is 1. The largest absolute Gasteiger partial charge is 0.390 e. The molecule has 102 valence electrons. The Bertz CT molecular complexity index is 602. The first kappa shape index (κ1) is 12.7. The highest BCUT2D eigenvalue weighted by Crippen LogP contribution is 2.37. The maximum atomic E-state index is 10.2. The van der Waals surface area contributed by atoms with Crippen LogP contribution >= 0.6 is 11.6 Å². The molecule has 0 aromatic carbocycles. The molecule has 3 rings (SSSR count). The van der Waals surface area contributed by atoms with Crippen LogP contribution in [0, 0.1) is 5.92 Å². The summed E-state index contributed by atoms with van der Waals surface area (Å²) in [6.07, 6.45) is 2.18. The summed E-state index contributed by atoms with van der Waals surface area (Å²) in [5.74, 6) is 0.571. The van der Waals surface area contributed by atoms with Crippen LogP contribution in [-0.4, -0.2) is 42.8 Å². The molecule has 2 aromatic heterocycles. The summed E-state index contributed by atoms with van der Waals surface area (Å²) in [6, 6.07) is 1.55. The van der Waals surface area contributed by atoms with Gasteiger partial charge in [-0.1, -0.05) is 0 Å². The third kappa shape index (κ3) is 1.87. The molecule has 0 saturated heterocycles. The topological polar surface area (TPSA) is 97.2 Å². The van der Waals surface area contributed by atoms with Crippen molar-refractivity contribution in [3.05, 3.63) is 18.6 Å². The van der Waals surface area contributed by atoms with Gasteiger partial charge in [0, 0.05) is 18.0 Å². The van der Waals surface area contributed by atoms with Crippen LogP contribution in [0.1, 0.15) is 12.5 Å². The number of hydrogen-bond acceptors (Lipinski definition) is 5. The number of rotatable bonds is 2. The van der Waals surface area contributed by atoms with Crippen molar-refractivity contribution in [3.8, 4) is 0 Å². The second-order valence-corrected chi connectivity index (χ2v) is 5.22. The molecule has 7 heteroatoms. The molecular weight excluding hydrogens is 268 g/mol. The second-order valence-electron chi connectivity index (χ2n) is 4.91. The van der Waals surface area contributed by atoms with Gasteiger partial charge in [-0.15, -0.1) is 11.6 Å². The fourth-order valence-corrected chi connectivity index (χ4v) is 3.08. The van der Waals surface area contributed by atoms with Gasteiger partial charge in [0.05, 0.1) is 24.0 Å². The molecule has 4 N–H and O–H groups in total. The van der Waals surface area contributed by atoms with Gasteiger partial charge in [-0.3, -0.25) is 0 Å². The zero-order valence-electron chi connectivity index (χ0n) is 10.1. The number of fused-ring (bicyclic) bond motifs is 1. The van der Waals surface area contributed by atoms with Gasteiger partial charge in [-0.05, 0) is 12.5 Å². The maximum absolute atomic E-state index is 10.2. The highest BCUT2D eigenvalue weighted by atomic mass is 35.5. The van der Waals surface area contributed by atoms with Crippen LogP contribution < -0.4 is 5.73 Å². The molecule has 2 aromatic rings. The van der Waals surface area contributed by atoms with E-state index >= 15 is 0 Å². The van der Waals surface area contributed by atoms with E-state index in [1.165, 1.54) is 0 Å². The second kappa shape index (κ2) is 4.63. The molecule has 2 heterocycles. The summed E-state index contributed by atoms with van der Waals surface area (Å²) < 4.78 is 1.84. The van der Waals surface area contributed by atoms with Crippen molar-refractivity contribution in [2.45, 2.75) is 24.7 Å². The summed E-state index contributed by atoms with van der Waals surface area (Å²) in [4.78, 5) is 8.20. The van der Waals surface area contributed by atoms with E-state index in [0.717, 1.165) is 5.52 Å². The Morgan fingerprint density at radius 1 is 1.37 bits per heavy atom. The fraction of sp³-hybridized carbons (Fsp3) is 0.500. The van der Waals surface area contributed by atoms with Crippen LogP contribution in [-0.2, 0) is 0 Å². The predicted molar refractivity (Wildman–Crippen MR) is 71.8 cm³/mol. The number of aliphatic hydroxyl groups is 2. The molecule has 0 aliphatic heterocycles. The first-order valence-electron chi connectivity index (χ1n) is 6.12. The predicted octanol–water partition coefficient (Wildman–Crippen LogP) is 0.535. The third-order valence-electron chi connectivity index (χ3n) is 3.85. The minimum absolute atomic E-state index is 0.113. The summed E-state index contributed by atoms with van der Waals surface area (Å²) in [5.41, 5.74) is 7.18. The monoisotopic (exact) mass is 282 g/mol. The molecule has 1 fully saturated rings. The van der Waals surface area contributed by atoms with E-state index in [0.29, 0.717) is 23.6 Å². The van der Waals surface area contributed by atoms with E-state index < -0.39 is 12.2 Å². The van der Waals surface area contributed by atoms with Crippen molar-refractivity contribution < 1.29 is 10.2 Å². The van der Waals surface area contributed by atoms with Crippen molar-refractivity contribution in [1.29, 1.82) is 0 Å². The average Bonchev–Trinajstić information content (AvgIpc) is 2.94. The summed E-state index contributed by atoms with van der Waals surface area (Å²) in [5, 5.41) is 20.1. The van der Waals surface area contributed by atoms with Crippen LogP contribution in [0.4, 0.5) is 5.82 Å². The number of pyridine rings is 1. The van der Waals surface area contributed by atoms with Crippen molar-refractivity contribution in [3.63, 3.8) is 0 Å². The number of aliphatic hydroxyl groups excluding tert-OH is 2. The number of nitrogens with two attached hydrogens (primary N) is 1. The molecule has 19 heavy (non-hydrogen) atoms. The van der Waals surface area contributed by atoms with E-state index in [4.69, 9.17) is 17.3 Å². The summed E-state index contributed by atoms with van der Waals surface area (Å²) in [6.45, 7) is 0. The van der Waals surface area contributed by atoms with Crippen LogP contribution in [0.5, 0.6) is 0 Å². The lowest BCUT2D eigenvalue weighted by molar-refractivity contribution is 0.0102. The molecule has 0 radical (unpaired) electrons. The minimum Gasteiger partial charge on any atom is -0.390 e. The summed E-state index contributed by atoms with van der Waals surface area (Å²) in [7, 11) is 0. The number of halogens is 1. The lowest BCUT2D eigenvalue weighted by atomic mass is 10.1. The Balaban J connectivity index is 2.04. The van der Waals surface area contributed by atoms with Crippen molar-refractivity contribution in [2.24, 2.45) is 5.92 Å². The lowest BCUT2D eigenvalue weighted by Crippen LogP contribution is -2.29. The lowest BCUT2D eigenvalue weighted by Gasteiger charge is -2.18. The van der Waals surface area contributed by atoms with Gasteiger partial charge in [0.25, 0.3) is 0 Å². The normalized spacial score (nSPS) is 31.1. The molecule has 0 amide bonds. The number of aromatic nitrogens is 3. The van der Waals surface area contributed by atoms with E-state index in [1.54, 1.807) is 18.6 Å². The Morgan fingerprint density at radius 3 is 2.84 bits per heavy atom. The first-order valence-corrected chi connectivity index (χ1v) is 6.66. The Labute approximate surface area is 114 Å². The molecule has 0 spiro atoms. The zero-order chi connectivity index (χ0) is 13.6. The van der Waals surface area contributed by atoms with E-state index in [9.17, 15) is 10.2 Å². The van der Waals surface area contributed by atoms with Crippen molar-refractivity contribution in [2.75, 3.05) is 11.6 Å². The van der Waals surface area contributed by atoms with Gasteiger partial charge in [0.1, 0.15) is 11.6 Å². The average molecular weight is 283 g/mol. The Hall–Kier alpha value is -1.37. The molecule has 1 saturated carbocycles. The van der Waals surface area contributed by atoms with Gasteiger partial charge in [0.15, 0.2) is 5.82 Å². The number of alkyl halides is 1. The van der Waals surface area contributed by atoms with Crippen LogP contribution in [0.15, 0.2) is 18.6 Å². The molecular formula is C12H15ClN4O2. The molecule has 1 aliphatic rings. The highest BCUT2D eigenvalue weighted by Gasteiger charge is 2.42. The number of hydrogen-bond donors (Lipinski definition) is 3. The fourth-order valence-electron chi connectivity index (χ4n) is 2.77. The van der Waals surface area contributed by atoms with E-state index in [1.807, 2.05) is 4.57 Å². The first-order chi connectivity index (χ1) is 9.13. The van der Waals surface area contributed by atoms with Gasteiger partial charge in [-0.25, -0.2) is 9.97 Å². The SMILES string of the molecule is Nc1nccc2c1ncn2[C@@H]1C[C@H](CCl)[C@H](O)C1O. The third-order valence-corrected chi connectivity index (χ3v) is 4.24. The van der Waals surface area contributed by atoms with Gasteiger partial charge < -0.3 is 20.5 Å². The van der Waals surface area contributed by atoms with E-state index in [2.05, 4.69) is 9.97 Å². The number of anilines is 1. The van der Waals surface area contributed by atoms with E-state index in [-0.39, 0.29) is 12.0 Å². The van der Waals surface area contributed by atoms with Gasteiger partial charge in [-0.2, -0.15) is 0 Å². The van der Waals surface area contributed by atoms with Gasteiger partial charge in [0.2, 0.25) is 0 Å². The quantitative estimate of drug-likeness (QED) is 0.698. The molecule has 1 unspecified atom stereocenters. The smallest absolute Gasteiger partial charge is 0.151 e. The standard InChI is InChI=1S/C12H15ClN4O2/c13-4-6-3-8(11(19)10(6)18)17-5-16-9-7(17)1-2-15-12(9)14/h1-2,5-6,8,10-11,18-19H,3-4H2,(H2,14,15)/t6-,8-,10+,11?/m1/s1. The maximum Gasteiger partial charge on any atom is 0.151 e. The van der Waals surface area contributed by atoms with Crippen LogP contribution in [0.3, 0.4) is 0 Å². The molecule has 6 nitrogen and oxygen atoms in total. The Kier molecular flexibility index (Phi) is 3.08. The minimum atomic E-state index is -0.851. The molecule has 1 aliphatic carbocycles.